The smallest absolute Gasteiger partial charge is 0.167 e. The van der Waals surface area contributed by atoms with Gasteiger partial charge in [0.2, 0.25) is 0 Å². The van der Waals surface area contributed by atoms with Gasteiger partial charge < -0.3 is 15.2 Å². The molecule has 0 unspecified atom stereocenters. The molecule has 0 fully saturated rings. The van der Waals surface area contributed by atoms with Crippen molar-refractivity contribution in [2.75, 3.05) is 17.7 Å². The highest BCUT2D eigenvalue weighted by atomic mass is 16.5. The topological polar surface area (TPSA) is 55.3 Å². The number of nitrogens with two attached hydrogens (primary N) is 1. The molecular formula is C15H21N3O. The van der Waals surface area contributed by atoms with Gasteiger partial charge in [-0.1, -0.05) is 31.1 Å². The van der Waals surface area contributed by atoms with Crippen LogP contribution >= 0.6 is 0 Å². The largest absolute Gasteiger partial charge is 0.381 e. The fourth-order valence-electron chi connectivity index (χ4n) is 2.12. The predicted octanol–water partition coefficient (Wildman–Crippen LogP) is 3.33. The maximum Gasteiger partial charge on any atom is 0.167 e. The molecule has 0 bridgehead atoms. The molecule has 0 atom stereocenters. The van der Waals surface area contributed by atoms with Crippen molar-refractivity contribution in [2.24, 2.45) is 0 Å². The van der Waals surface area contributed by atoms with Crippen LogP contribution in [-0.2, 0) is 6.54 Å². The van der Waals surface area contributed by atoms with Crippen LogP contribution in [-0.4, -0.2) is 12.2 Å². The summed E-state index contributed by atoms with van der Waals surface area (Å²) in [5.74, 6) is 1.72. The maximum atomic E-state index is 5.56. The van der Waals surface area contributed by atoms with Crippen LogP contribution in [0.15, 0.2) is 28.8 Å². The van der Waals surface area contributed by atoms with Gasteiger partial charge in [0.15, 0.2) is 11.6 Å². The van der Waals surface area contributed by atoms with Crippen molar-refractivity contribution in [3.63, 3.8) is 0 Å². The van der Waals surface area contributed by atoms with Gasteiger partial charge in [0, 0.05) is 18.8 Å². The summed E-state index contributed by atoms with van der Waals surface area (Å²) in [5, 5.41) is 3.71. The fourth-order valence-corrected chi connectivity index (χ4v) is 2.12. The molecule has 2 aromatic rings. The second kappa shape index (κ2) is 5.34. The van der Waals surface area contributed by atoms with Crippen molar-refractivity contribution in [2.45, 2.75) is 33.2 Å². The lowest BCUT2D eigenvalue weighted by Crippen LogP contribution is -2.17. The van der Waals surface area contributed by atoms with Crippen LogP contribution < -0.4 is 10.6 Å². The molecule has 1 aromatic heterocycles. The van der Waals surface area contributed by atoms with Gasteiger partial charge in [-0.05, 0) is 30.0 Å². The van der Waals surface area contributed by atoms with Crippen molar-refractivity contribution < 1.29 is 4.52 Å². The van der Waals surface area contributed by atoms with Gasteiger partial charge in [0.1, 0.15) is 0 Å². The Balaban J connectivity index is 2.22. The lowest BCUT2D eigenvalue weighted by Gasteiger charge is -2.21. The Morgan fingerprint density at radius 2 is 2.05 bits per heavy atom. The summed E-state index contributed by atoms with van der Waals surface area (Å²) in [7, 11) is 2.05. The van der Waals surface area contributed by atoms with E-state index < -0.39 is 0 Å². The highest BCUT2D eigenvalue weighted by Crippen LogP contribution is 2.26. The van der Waals surface area contributed by atoms with E-state index in [1.165, 1.54) is 16.8 Å². The summed E-state index contributed by atoms with van der Waals surface area (Å²) in [6.07, 6.45) is 0. The van der Waals surface area contributed by atoms with Crippen LogP contribution in [0, 0.1) is 6.92 Å². The summed E-state index contributed by atoms with van der Waals surface area (Å²) >= 11 is 0. The van der Waals surface area contributed by atoms with E-state index in [9.17, 15) is 0 Å². The molecule has 2 rings (SSSR count). The van der Waals surface area contributed by atoms with Gasteiger partial charge in [-0.15, -0.1) is 0 Å². The zero-order chi connectivity index (χ0) is 14.0. The second-order valence-electron chi connectivity index (χ2n) is 5.27. The first-order valence-corrected chi connectivity index (χ1v) is 6.50. The number of nitrogen functional groups attached to an aromatic ring is 1. The fraction of sp³-hybridized carbons (Fsp3) is 0.400. The monoisotopic (exact) mass is 259 g/mol. The Hall–Kier alpha value is -1.97. The summed E-state index contributed by atoms with van der Waals surface area (Å²) in [6, 6.07) is 8.34. The van der Waals surface area contributed by atoms with E-state index >= 15 is 0 Å². The average molecular weight is 259 g/mol. The van der Waals surface area contributed by atoms with Gasteiger partial charge in [-0.25, -0.2) is 0 Å². The first-order chi connectivity index (χ1) is 8.97. The number of hydrogen-bond acceptors (Lipinski definition) is 4. The Bertz CT molecular complexity index is 560. The SMILES string of the molecule is Cc1ccc(C(C)C)cc1N(C)Cc1cc(N)no1. The Morgan fingerprint density at radius 1 is 1.32 bits per heavy atom. The molecular weight excluding hydrogens is 238 g/mol. The molecule has 1 aromatic carbocycles. The number of nitrogens with zero attached hydrogens (tertiary/aromatic N) is 2. The zero-order valence-corrected chi connectivity index (χ0v) is 12.0. The van der Waals surface area contributed by atoms with E-state index in [1.807, 2.05) is 7.05 Å². The van der Waals surface area contributed by atoms with Gasteiger partial charge in [0.25, 0.3) is 0 Å². The van der Waals surface area contributed by atoms with E-state index in [-0.39, 0.29) is 0 Å². The molecule has 0 saturated carbocycles. The Kier molecular flexibility index (Phi) is 3.79. The Morgan fingerprint density at radius 3 is 2.63 bits per heavy atom. The third-order valence-electron chi connectivity index (χ3n) is 3.28. The molecule has 4 heteroatoms. The van der Waals surface area contributed by atoms with Crippen molar-refractivity contribution in [3.05, 3.63) is 41.2 Å². The summed E-state index contributed by atoms with van der Waals surface area (Å²) < 4.78 is 5.16. The van der Waals surface area contributed by atoms with Crippen molar-refractivity contribution in [1.82, 2.24) is 5.16 Å². The van der Waals surface area contributed by atoms with Crippen molar-refractivity contribution in [3.8, 4) is 0 Å². The molecule has 1 heterocycles. The lowest BCUT2D eigenvalue weighted by molar-refractivity contribution is 0.385. The molecule has 0 amide bonds. The van der Waals surface area contributed by atoms with Crippen LogP contribution in [0.4, 0.5) is 11.5 Å². The normalized spacial score (nSPS) is 11.0. The zero-order valence-electron chi connectivity index (χ0n) is 12.0. The number of anilines is 2. The molecule has 0 saturated heterocycles. The van der Waals surface area contributed by atoms with Gasteiger partial charge in [-0.2, -0.15) is 0 Å². The van der Waals surface area contributed by atoms with Crippen LogP contribution in [0.3, 0.4) is 0 Å². The van der Waals surface area contributed by atoms with E-state index in [0.717, 1.165) is 5.76 Å². The average Bonchev–Trinajstić information content (AvgIpc) is 2.74. The minimum absolute atomic E-state index is 0.427. The number of hydrogen-bond donors (Lipinski definition) is 1. The standard InChI is InChI=1S/C15H21N3O/c1-10(2)12-6-5-11(3)14(7-12)18(4)9-13-8-15(16)17-19-13/h5-8,10H,9H2,1-4H3,(H2,16,17). The molecule has 2 N–H and O–H groups in total. The van der Waals surface area contributed by atoms with Gasteiger partial charge >= 0.3 is 0 Å². The molecule has 0 spiro atoms. The van der Waals surface area contributed by atoms with Crippen LogP contribution in [0.25, 0.3) is 0 Å². The molecule has 0 radical (unpaired) electrons. The molecule has 0 aliphatic heterocycles. The Labute approximate surface area is 114 Å². The van der Waals surface area contributed by atoms with E-state index in [4.69, 9.17) is 10.3 Å². The highest BCUT2D eigenvalue weighted by molar-refractivity contribution is 5.55. The van der Waals surface area contributed by atoms with E-state index in [2.05, 4.69) is 49.0 Å². The third kappa shape index (κ3) is 3.08. The lowest BCUT2D eigenvalue weighted by atomic mass is 10.0. The molecule has 4 nitrogen and oxygen atoms in total. The molecule has 102 valence electrons. The number of aromatic nitrogens is 1. The van der Waals surface area contributed by atoms with Gasteiger partial charge in [0.05, 0.1) is 6.54 Å². The first kappa shape index (κ1) is 13.5. The summed E-state index contributed by atoms with van der Waals surface area (Å²) in [6.45, 7) is 7.18. The van der Waals surface area contributed by atoms with Crippen LogP contribution in [0.2, 0.25) is 0 Å². The number of rotatable bonds is 4. The predicted molar refractivity (Wildman–Crippen MR) is 78.3 cm³/mol. The highest BCUT2D eigenvalue weighted by Gasteiger charge is 2.10. The molecule has 19 heavy (non-hydrogen) atoms. The van der Waals surface area contributed by atoms with Crippen molar-refractivity contribution >= 4 is 11.5 Å². The molecule has 0 aliphatic rings. The van der Waals surface area contributed by atoms with E-state index in [1.54, 1.807) is 6.07 Å². The second-order valence-corrected chi connectivity index (χ2v) is 5.27. The van der Waals surface area contributed by atoms with Crippen LogP contribution in [0.5, 0.6) is 0 Å². The quantitative estimate of drug-likeness (QED) is 0.915. The molecule has 0 aliphatic carbocycles. The van der Waals surface area contributed by atoms with Crippen LogP contribution in [0.1, 0.15) is 36.7 Å². The van der Waals surface area contributed by atoms with Crippen molar-refractivity contribution in [1.29, 1.82) is 0 Å². The summed E-state index contributed by atoms with van der Waals surface area (Å²) in [5.41, 5.74) is 9.36. The minimum Gasteiger partial charge on any atom is -0.381 e. The third-order valence-corrected chi connectivity index (χ3v) is 3.28. The van der Waals surface area contributed by atoms with E-state index in [0.29, 0.717) is 18.3 Å². The van der Waals surface area contributed by atoms with Gasteiger partial charge in [-0.3, -0.25) is 0 Å². The maximum absolute atomic E-state index is 5.56. The summed E-state index contributed by atoms with van der Waals surface area (Å²) in [4.78, 5) is 2.15. The minimum atomic E-state index is 0.427. The number of aryl methyl sites for hydroxylation is 1. The first-order valence-electron chi connectivity index (χ1n) is 6.50. The number of benzene rings is 1.